The van der Waals surface area contributed by atoms with E-state index < -0.39 is 0 Å². The topological polar surface area (TPSA) is 56.1 Å². The molecule has 3 aromatic rings. The fourth-order valence-electron chi connectivity index (χ4n) is 3.93. The van der Waals surface area contributed by atoms with Crippen molar-refractivity contribution in [2.24, 2.45) is 0 Å². The van der Waals surface area contributed by atoms with Crippen LogP contribution in [0.5, 0.6) is 11.5 Å². The number of nitrogens with zero attached hydrogens (tertiary/aromatic N) is 3. The van der Waals surface area contributed by atoms with Gasteiger partial charge in [-0.3, -0.25) is 4.79 Å². The van der Waals surface area contributed by atoms with Crippen molar-refractivity contribution in [2.75, 3.05) is 27.3 Å². The SMILES string of the molecule is COc1cc(OC)cc(C(CC(=O)N2CCCC2)c2cnc3ccc(Cl)cn23)c1. The fraction of sp³-hybridized carbons (Fsp3) is 0.364. The van der Waals surface area contributed by atoms with Crippen molar-refractivity contribution in [1.29, 1.82) is 0 Å². The predicted octanol–water partition coefficient (Wildman–Crippen LogP) is 4.15. The Morgan fingerprint density at radius 2 is 1.83 bits per heavy atom. The maximum absolute atomic E-state index is 13.0. The van der Waals surface area contributed by atoms with E-state index in [0.29, 0.717) is 22.9 Å². The molecule has 7 heteroatoms. The highest BCUT2D eigenvalue weighted by Gasteiger charge is 2.27. The standard InChI is InChI=1S/C22H24ClN3O3/c1-28-17-9-15(10-18(11-17)29-2)19(12-22(27)25-7-3-4-8-25)20-13-24-21-6-5-16(23)14-26(20)21/h5-6,9-11,13-14,19H,3-4,7-8,12H2,1-2H3. The number of amides is 1. The Morgan fingerprint density at radius 3 is 2.48 bits per heavy atom. The van der Waals surface area contributed by atoms with Crippen LogP contribution < -0.4 is 9.47 Å². The van der Waals surface area contributed by atoms with Crippen LogP contribution in [0.1, 0.15) is 36.4 Å². The van der Waals surface area contributed by atoms with Crippen molar-refractivity contribution in [3.63, 3.8) is 0 Å². The molecule has 0 N–H and O–H groups in total. The van der Waals surface area contributed by atoms with Gasteiger partial charge in [0.2, 0.25) is 5.91 Å². The lowest BCUT2D eigenvalue weighted by molar-refractivity contribution is -0.130. The molecule has 3 heterocycles. The van der Waals surface area contributed by atoms with Crippen molar-refractivity contribution in [3.8, 4) is 11.5 Å². The molecule has 2 aromatic heterocycles. The van der Waals surface area contributed by atoms with Gasteiger partial charge in [0, 0.05) is 43.9 Å². The number of rotatable bonds is 6. The van der Waals surface area contributed by atoms with Gasteiger partial charge in [-0.15, -0.1) is 0 Å². The highest BCUT2D eigenvalue weighted by atomic mass is 35.5. The molecule has 29 heavy (non-hydrogen) atoms. The third kappa shape index (κ3) is 4.03. The van der Waals surface area contributed by atoms with Gasteiger partial charge in [-0.2, -0.15) is 0 Å². The van der Waals surface area contributed by atoms with Gasteiger partial charge >= 0.3 is 0 Å². The van der Waals surface area contributed by atoms with Gasteiger partial charge in [0.25, 0.3) is 0 Å². The number of pyridine rings is 1. The molecule has 0 spiro atoms. The Morgan fingerprint density at radius 1 is 1.14 bits per heavy atom. The van der Waals surface area contributed by atoms with E-state index in [0.717, 1.165) is 42.8 Å². The Hall–Kier alpha value is -2.73. The number of aromatic nitrogens is 2. The average Bonchev–Trinajstić information content (AvgIpc) is 3.41. The smallest absolute Gasteiger partial charge is 0.223 e. The number of carbonyl (C=O) groups is 1. The van der Waals surface area contributed by atoms with Gasteiger partial charge < -0.3 is 18.8 Å². The number of ether oxygens (including phenoxy) is 2. The van der Waals surface area contributed by atoms with Gasteiger partial charge in [-0.1, -0.05) is 11.6 Å². The zero-order chi connectivity index (χ0) is 20.4. The van der Waals surface area contributed by atoms with Gasteiger partial charge in [0.1, 0.15) is 17.1 Å². The summed E-state index contributed by atoms with van der Waals surface area (Å²) >= 11 is 6.24. The highest BCUT2D eigenvalue weighted by molar-refractivity contribution is 6.30. The van der Waals surface area contributed by atoms with Gasteiger partial charge in [-0.05, 0) is 42.7 Å². The first-order valence-electron chi connectivity index (χ1n) is 9.72. The van der Waals surface area contributed by atoms with Crippen molar-refractivity contribution >= 4 is 23.2 Å². The van der Waals surface area contributed by atoms with Crippen molar-refractivity contribution < 1.29 is 14.3 Å². The molecule has 152 valence electrons. The second-order valence-electron chi connectivity index (χ2n) is 7.25. The first-order chi connectivity index (χ1) is 14.1. The Kier molecular flexibility index (Phi) is 5.62. The van der Waals surface area contributed by atoms with Crippen LogP contribution in [0.15, 0.2) is 42.7 Å². The van der Waals surface area contributed by atoms with Crippen molar-refractivity contribution in [2.45, 2.75) is 25.2 Å². The van der Waals surface area contributed by atoms with E-state index in [1.165, 1.54) is 0 Å². The zero-order valence-corrected chi connectivity index (χ0v) is 17.4. The predicted molar refractivity (Wildman–Crippen MR) is 112 cm³/mol. The lowest BCUT2D eigenvalue weighted by atomic mass is 9.91. The highest BCUT2D eigenvalue weighted by Crippen LogP contribution is 2.35. The molecule has 1 aliphatic rings. The minimum atomic E-state index is -0.208. The number of carbonyl (C=O) groups excluding carboxylic acids is 1. The molecule has 1 atom stereocenters. The van der Waals surface area contributed by atoms with E-state index in [4.69, 9.17) is 21.1 Å². The monoisotopic (exact) mass is 413 g/mol. The van der Waals surface area contributed by atoms with Gasteiger partial charge in [0.15, 0.2) is 0 Å². The van der Waals surface area contributed by atoms with Gasteiger partial charge in [0.05, 0.1) is 24.9 Å². The Bertz CT molecular complexity index is 1010. The molecule has 0 radical (unpaired) electrons. The number of methoxy groups -OCH3 is 2. The number of imidazole rings is 1. The molecule has 0 saturated carbocycles. The molecule has 1 saturated heterocycles. The molecule has 6 nitrogen and oxygen atoms in total. The second-order valence-corrected chi connectivity index (χ2v) is 7.69. The quantitative estimate of drug-likeness (QED) is 0.609. The van der Waals surface area contributed by atoms with Crippen LogP contribution >= 0.6 is 11.6 Å². The van der Waals surface area contributed by atoms with E-state index in [1.54, 1.807) is 14.2 Å². The van der Waals surface area contributed by atoms with Crippen LogP contribution in [-0.4, -0.2) is 47.5 Å². The number of fused-ring (bicyclic) bond motifs is 1. The first-order valence-corrected chi connectivity index (χ1v) is 10.1. The van der Waals surface area contributed by atoms with E-state index in [1.807, 2.05) is 52.0 Å². The molecule has 1 aliphatic heterocycles. The number of hydrogen-bond donors (Lipinski definition) is 0. The van der Waals surface area contributed by atoms with E-state index in [-0.39, 0.29) is 11.8 Å². The summed E-state index contributed by atoms with van der Waals surface area (Å²) in [5.41, 5.74) is 2.64. The summed E-state index contributed by atoms with van der Waals surface area (Å²) < 4.78 is 12.9. The average molecular weight is 414 g/mol. The summed E-state index contributed by atoms with van der Waals surface area (Å²) in [5.74, 6) is 1.31. The van der Waals surface area contributed by atoms with Crippen LogP contribution in [0.3, 0.4) is 0 Å². The molecule has 4 rings (SSSR count). The maximum atomic E-state index is 13.0. The summed E-state index contributed by atoms with van der Waals surface area (Å²) in [6.07, 6.45) is 6.13. The number of hydrogen-bond acceptors (Lipinski definition) is 4. The summed E-state index contributed by atoms with van der Waals surface area (Å²) in [5, 5.41) is 0.615. The lowest BCUT2D eigenvalue weighted by Crippen LogP contribution is -2.29. The summed E-state index contributed by atoms with van der Waals surface area (Å²) in [7, 11) is 3.24. The third-order valence-corrected chi connectivity index (χ3v) is 5.69. The molecule has 1 aromatic carbocycles. The zero-order valence-electron chi connectivity index (χ0n) is 16.6. The van der Waals surface area contributed by atoms with Crippen LogP contribution in [0.25, 0.3) is 5.65 Å². The first kappa shape index (κ1) is 19.6. The minimum absolute atomic E-state index is 0.145. The van der Waals surface area contributed by atoms with E-state index in [2.05, 4.69) is 4.98 Å². The second kappa shape index (κ2) is 8.33. The molecule has 1 fully saturated rings. The van der Waals surface area contributed by atoms with Crippen molar-refractivity contribution in [1.82, 2.24) is 14.3 Å². The molecule has 0 aliphatic carbocycles. The summed E-state index contributed by atoms with van der Waals surface area (Å²) in [6, 6.07) is 9.42. The maximum Gasteiger partial charge on any atom is 0.223 e. The minimum Gasteiger partial charge on any atom is -0.497 e. The summed E-state index contributed by atoms with van der Waals surface area (Å²) in [6.45, 7) is 1.65. The van der Waals surface area contributed by atoms with E-state index >= 15 is 0 Å². The lowest BCUT2D eigenvalue weighted by Gasteiger charge is -2.22. The van der Waals surface area contributed by atoms with Crippen LogP contribution in [-0.2, 0) is 4.79 Å². The normalized spacial score (nSPS) is 14.9. The molecule has 0 bridgehead atoms. The number of halogens is 1. The Balaban J connectivity index is 1.80. The number of benzene rings is 1. The van der Waals surface area contributed by atoms with Crippen LogP contribution in [0, 0.1) is 0 Å². The fourth-order valence-corrected chi connectivity index (χ4v) is 4.09. The molecular weight excluding hydrogens is 390 g/mol. The van der Waals surface area contributed by atoms with Crippen LogP contribution in [0.2, 0.25) is 5.02 Å². The van der Waals surface area contributed by atoms with E-state index in [9.17, 15) is 4.79 Å². The molecule has 1 amide bonds. The third-order valence-electron chi connectivity index (χ3n) is 5.47. The van der Waals surface area contributed by atoms with Crippen molar-refractivity contribution in [3.05, 3.63) is 59.0 Å². The Labute approximate surface area is 175 Å². The largest absolute Gasteiger partial charge is 0.497 e. The molecule has 1 unspecified atom stereocenters. The van der Waals surface area contributed by atoms with Crippen LogP contribution in [0.4, 0.5) is 0 Å². The van der Waals surface area contributed by atoms with Gasteiger partial charge in [-0.25, -0.2) is 4.98 Å². The summed E-state index contributed by atoms with van der Waals surface area (Å²) in [4.78, 5) is 19.5. The molecular formula is C22H24ClN3O3. The number of likely N-dealkylation sites (tertiary alicyclic amines) is 1.